The van der Waals surface area contributed by atoms with Gasteiger partial charge in [-0.25, -0.2) is 4.68 Å². The lowest BCUT2D eigenvalue weighted by Gasteiger charge is -1.95. The third-order valence-electron chi connectivity index (χ3n) is 2.09. The number of nitrogens with two attached hydrogens (primary N) is 1. The Hall–Kier alpha value is -2.11. The first-order valence-electron chi connectivity index (χ1n) is 4.44. The van der Waals surface area contributed by atoms with Crippen molar-refractivity contribution in [1.82, 2.24) is 19.7 Å². The zero-order chi connectivity index (χ0) is 11.0. The third-order valence-corrected chi connectivity index (χ3v) is 2.09. The normalized spacial score (nSPS) is 10.5. The summed E-state index contributed by atoms with van der Waals surface area (Å²) in [6, 6.07) is 1.50. The lowest BCUT2D eigenvalue weighted by atomic mass is 10.2. The van der Waals surface area contributed by atoms with E-state index in [9.17, 15) is 4.79 Å². The van der Waals surface area contributed by atoms with Crippen molar-refractivity contribution >= 4 is 5.95 Å². The molecule has 0 bridgehead atoms. The summed E-state index contributed by atoms with van der Waals surface area (Å²) in [5.41, 5.74) is 6.64. The van der Waals surface area contributed by atoms with Crippen LogP contribution in [0.1, 0.15) is 5.69 Å². The summed E-state index contributed by atoms with van der Waals surface area (Å²) in [5, 5.41) is 4.03. The minimum atomic E-state index is -0.114. The number of nitrogens with one attached hydrogen (secondary N) is 1. The molecule has 6 nitrogen and oxygen atoms in total. The quantitative estimate of drug-likeness (QED) is 0.689. The Bertz CT molecular complexity index is 534. The van der Waals surface area contributed by atoms with Gasteiger partial charge in [0.1, 0.15) is 0 Å². The zero-order valence-corrected chi connectivity index (χ0v) is 8.48. The van der Waals surface area contributed by atoms with Gasteiger partial charge in [-0.3, -0.25) is 4.79 Å². The van der Waals surface area contributed by atoms with Gasteiger partial charge in [-0.15, -0.1) is 5.10 Å². The monoisotopic (exact) mass is 205 g/mol. The Morgan fingerprint density at radius 3 is 2.80 bits per heavy atom. The number of aromatic nitrogens is 4. The average molecular weight is 205 g/mol. The standard InChI is InChI=1S/C9H11N5O/c1-5-3-7(15)6(4-11-5)8-12-9(10)14(2)13-8/h3-4H,1-2H3,(H,11,15)(H2,10,12,13). The van der Waals surface area contributed by atoms with Crippen LogP contribution in [0, 0.1) is 6.92 Å². The maximum atomic E-state index is 11.6. The molecule has 0 unspecified atom stereocenters. The molecule has 2 heterocycles. The van der Waals surface area contributed by atoms with Gasteiger partial charge in [-0.1, -0.05) is 0 Å². The van der Waals surface area contributed by atoms with Crippen molar-refractivity contribution in [2.45, 2.75) is 6.92 Å². The zero-order valence-electron chi connectivity index (χ0n) is 8.48. The van der Waals surface area contributed by atoms with Gasteiger partial charge in [0.05, 0.1) is 5.56 Å². The number of aromatic amines is 1. The molecular weight excluding hydrogens is 194 g/mol. The number of nitrogens with zero attached hydrogens (tertiary/aromatic N) is 3. The molecular formula is C9H11N5O. The largest absolute Gasteiger partial charge is 0.368 e. The van der Waals surface area contributed by atoms with Crippen LogP contribution in [0.4, 0.5) is 5.95 Å². The van der Waals surface area contributed by atoms with Gasteiger partial charge in [-0.2, -0.15) is 4.98 Å². The maximum Gasteiger partial charge on any atom is 0.218 e. The van der Waals surface area contributed by atoms with E-state index in [-0.39, 0.29) is 11.4 Å². The van der Waals surface area contributed by atoms with Gasteiger partial charge >= 0.3 is 0 Å². The second kappa shape index (κ2) is 3.23. The maximum absolute atomic E-state index is 11.6. The third kappa shape index (κ3) is 1.61. The van der Waals surface area contributed by atoms with Crippen LogP contribution in [0.25, 0.3) is 11.4 Å². The van der Waals surface area contributed by atoms with Crippen LogP contribution in [-0.4, -0.2) is 19.7 Å². The molecule has 0 aliphatic rings. The van der Waals surface area contributed by atoms with Crippen LogP contribution >= 0.6 is 0 Å². The smallest absolute Gasteiger partial charge is 0.218 e. The Morgan fingerprint density at radius 2 is 2.27 bits per heavy atom. The molecule has 0 atom stereocenters. The molecule has 0 amide bonds. The van der Waals surface area contributed by atoms with Crippen molar-refractivity contribution in [2.75, 3.05) is 5.73 Å². The van der Waals surface area contributed by atoms with E-state index < -0.39 is 0 Å². The number of pyridine rings is 1. The van der Waals surface area contributed by atoms with Gasteiger partial charge < -0.3 is 10.7 Å². The van der Waals surface area contributed by atoms with Gasteiger partial charge in [0.15, 0.2) is 11.3 Å². The highest BCUT2D eigenvalue weighted by atomic mass is 16.1. The molecule has 2 aromatic heterocycles. The molecule has 2 rings (SSSR count). The van der Waals surface area contributed by atoms with E-state index in [1.807, 2.05) is 6.92 Å². The van der Waals surface area contributed by atoms with E-state index in [0.29, 0.717) is 11.4 Å². The molecule has 0 saturated carbocycles. The van der Waals surface area contributed by atoms with E-state index in [2.05, 4.69) is 15.1 Å². The predicted molar refractivity (Wildman–Crippen MR) is 56.2 cm³/mol. The number of hydrogen-bond acceptors (Lipinski definition) is 4. The van der Waals surface area contributed by atoms with Crippen molar-refractivity contribution in [3.05, 3.63) is 28.2 Å². The summed E-state index contributed by atoms with van der Waals surface area (Å²) in [4.78, 5) is 18.5. The fourth-order valence-electron chi connectivity index (χ4n) is 1.26. The first-order chi connectivity index (χ1) is 7.08. The molecule has 0 saturated heterocycles. The molecule has 0 aliphatic heterocycles. The first-order valence-corrected chi connectivity index (χ1v) is 4.44. The van der Waals surface area contributed by atoms with Crippen molar-refractivity contribution in [3.63, 3.8) is 0 Å². The average Bonchev–Trinajstić information content (AvgIpc) is 2.46. The topological polar surface area (TPSA) is 89.6 Å². The van der Waals surface area contributed by atoms with Crippen molar-refractivity contribution < 1.29 is 0 Å². The SMILES string of the molecule is Cc1cc(=O)c(-c2nc(N)n(C)n2)c[nH]1. The Balaban J connectivity index is 2.59. The molecule has 15 heavy (non-hydrogen) atoms. The second-order valence-corrected chi connectivity index (χ2v) is 3.31. The van der Waals surface area contributed by atoms with Gasteiger partial charge in [0.2, 0.25) is 5.95 Å². The second-order valence-electron chi connectivity index (χ2n) is 3.31. The molecule has 0 aliphatic carbocycles. The summed E-state index contributed by atoms with van der Waals surface area (Å²) < 4.78 is 1.43. The number of aryl methyl sites for hydroxylation is 2. The Labute approximate surface area is 85.8 Å². The fraction of sp³-hybridized carbons (Fsp3) is 0.222. The van der Waals surface area contributed by atoms with E-state index in [0.717, 1.165) is 5.69 Å². The molecule has 0 spiro atoms. The lowest BCUT2D eigenvalue weighted by molar-refractivity contribution is 0.780. The number of H-pyrrole nitrogens is 1. The van der Waals surface area contributed by atoms with Crippen LogP contribution in [-0.2, 0) is 7.05 Å². The summed E-state index contributed by atoms with van der Waals surface area (Å²) in [5.74, 6) is 0.626. The van der Waals surface area contributed by atoms with E-state index in [4.69, 9.17) is 5.73 Å². The van der Waals surface area contributed by atoms with Crippen LogP contribution in [0.15, 0.2) is 17.1 Å². The highest BCUT2D eigenvalue weighted by Crippen LogP contribution is 2.10. The summed E-state index contributed by atoms with van der Waals surface area (Å²) in [7, 11) is 1.67. The van der Waals surface area contributed by atoms with Crippen molar-refractivity contribution in [1.29, 1.82) is 0 Å². The minimum Gasteiger partial charge on any atom is -0.368 e. The highest BCUT2D eigenvalue weighted by molar-refractivity contribution is 5.54. The first kappa shape index (κ1) is 9.45. The van der Waals surface area contributed by atoms with Gasteiger partial charge in [0.25, 0.3) is 0 Å². The molecule has 2 aromatic rings. The minimum absolute atomic E-state index is 0.114. The summed E-state index contributed by atoms with van der Waals surface area (Å²) >= 11 is 0. The number of nitrogen functional groups attached to an aromatic ring is 1. The lowest BCUT2D eigenvalue weighted by Crippen LogP contribution is -2.06. The van der Waals surface area contributed by atoms with Crippen LogP contribution in [0.2, 0.25) is 0 Å². The Kier molecular flexibility index (Phi) is 2.03. The molecule has 78 valence electrons. The van der Waals surface area contributed by atoms with Crippen molar-refractivity contribution in [2.24, 2.45) is 7.05 Å². The van der Waals surface area contributed by atoms with E-state index in [1.54, 1.807) is 13.2 Å². The Morgan fingerprint density at radius 1 is 1.53 bits per heavy atom. The van der Waals surface area contributed by atoms with Gasteiger partial charge in [0, 0.05) is 25.0 Å². The fourth-order valence-corrected chi connectivity index (χ4v) is 1.26. The van der Waals surface area contributed by atoms with Gasteiger partial charge in [-0.05, 0) is 6.92 Å². The predicted octanol–water partition coefficient (Wildman–Crippen LogP) is 0.0610. The molecule has 3 N–H and O–H groups in total. The number of anilines is 1. The van der Waals surface area contributed by atoms with E-state index in [1.165, 1.54) is 10.7 Å². The number of rotatable bonds is 1. The van der Waals surface area contributed by atoms with Crippen LogP contribution in [0.5, 0.6) is 0 Å². The summed E-state index contributed by atoms with van der Waals surface area (Å²) in [6.45, 7) is 1.81. The molecule has 0 aromatic carbocycles. The number of hydrogen-bond donors (Lipinski definition) is 2. The molecule has 6 heteroatoms. The van der Waals surface area contributed by atoms with Crippen LogP contribution < -0.4 is 11.2 Å². The molecule has 0 fully saturated rings. The van der Waals surface area contributed by atoms with Crippen molar-refractivity contribution in [3.8, 4) is 11.4 Å². The molecule has 0 radical (unpaired) electrons. The van der Waals surface area contributed by atoms with E-state index >= 15 is 0 Å². The van der Waals surface area contributed by atoms with Crippen LogP contribution in [0.3, 0.4) is 0 Å². The summed E-state index contributed by atoms with van der Waals surface area (Å²) in [6.07, 6.45) is 1.59. The highest BCUT2D eigenvalue weighted by Gasteiger charge is 2.09.